The minimum atomic E-state index is 0.239. The molecule has 1 heterocycles. The number of benzene rings is 1. The number of anilines is 2. The van der Waals surface area contributed by atoms with Gasteiger partial charge in [0, 0.05) is 35.2 Å². The summed E-state index contributed by atoms with van der Waals surface area (Å²) in [4.78, 5) is 4.42. The summed E-state index contributed by atoms with van der Waals surface area (Å²) in [5, 5.41) is 13.6. The van der Waals surface area contributed by atoms with E-state index >= 15 is 0 Å². The minimum absolute atomic E-state index is 0.239. The second kappa shape index (κ2) is 4.45. The molecule has 0 spiro atoms. The monoisotopic (exact) mass is 262 g/mol. The van der Waals surface area contributed by atoms with E-state index in [1.165, 1.54) is 24.4 Å². The second-order valence-electron chi connectivity index (χ2n) is 4.47. The van der Waals surface area contributed by atoms with Gasteiger partial charge in [0.1, 0.15) is 11.6 Å². The molecule has 0 aliphatic heterocycles. The smallest absolute Gasteiger partial charge is 0.202 e. The van der Waals surface area contributed by atoms with Crippen LogP contribution in [0.2, 0.25) is 0 Å². The van der Waals surface area contributed by atoms with Crippen LogP contribution in [0.15, 0.2) is 18.2 Å². The van der Waals surface area contributed by atoms with Crippen molar-refractivity contribution >= 4 is 22.4 Å². The van der Waals surface area contributed by atoms with Crippen molar-refractivity contribution in [2.45, 2.75) is 25.3 Å². The lowest BCUT2D eigenvalue weighted by Crippen LogP contribution is -2.00. The van der Waals surface area contributed by atoms with Crippen LogP contribution < -0.4 is 11.1 Å². The van der Waals surface area contributed by atoms with E-state index in [9.17, 15) is 5.11 Å². The summed E-state index contributed by atoms with van der Waals surface area (Å²) in [6.07, 6.45) is 2.40. The van der Waals surface area contributed by atoms with E-state index in [4.69, 9.17) is 5.73 Å². The van der Waals surface area contributed by atoms with Gasteiger partial charge in [-0.2, -0.15) is 4.37 Å². The standard InChI is InChI=1S/C12H14N4OS/c13-9-3-4-10(17)8(5-9)6-14-12-15-11(16-18-12)7-1-2-7/h3-5,7,17H,1-2,6,13H2,(H,14,15,16). The van der Waals surface area contributed by atoms with Crippen molar-refractivity contribution in [3.63, 3.8) is 0 Å². The van der Waals surface area contributed by atoms with Gasteiger partial charge in [0.25, 0.3) is 0 Å². The molecule has 0 bridgehead atoms. The van der Waals surface area contributed by atoms with Crippen molar-refractivity contribution in [3.8, 4) is 5.75 Å². The molecule has 5 nitrogen and oxygen atoms in total. The van der Waals surface area contributed by atoms with Gasteiger partial charge >= 0.3 is 0 Å². The largest absolute Gasteiger partial charge is 0.508 e. The Hall–Kier alpha value is -1.82. The van der Waals surface area contributed by atoms with Crippen molar-refractivity contribution < 1.29 is 5.11 Å². The Morgan fingerprint density at radius 1 is 1.44 bits per heavy atom. The molecule has 1 aliphatic carbocycles. The molecule has 0 saturated heterocycles. The van der Waals surface area contributed by atoms with Crippen LogP contribution in [0.25, 0.3) is 0 Å². The zero-order valence-corrected chi connectivity index (χ0v) is 10.6. The van der Waals surface area contributed by atoms with Crippen LogP contribution in [0.5, 0.6) is 5.75 Å². The second-order valence-corrected chi connectivity index (χ2v) is 5.23. The van der Waals surface area contributed by atoms with Gasteiger partial charge in [0.05, 0.1) is 0 Å². The number of nitrogens with one attached hydrogen (secondary N) is 1. The molecule has 18 heavy (non-hydrogen) atoms. The van der Waals surface area contributed by atoms with E-state index in [0.717, 1.165) is 16.5 Å². The maximum Gasteiger partial charge on any atom is 0.202 e. The third-order valence-corrected chi connectivity index (χ3v) is 3.60. The van der Waals surface area contributed by atoms with Gasteiger partial charge in [-0.25, -0.2) is 4.98 Å². The molecule has 4 N–H and O–H groups in total. The van der Waals surface area contributed by atoms with E-state index in [0.29, 0.717) is 18.2 Å². The lowest BCUT2D eigenvalue weighted by atomic mass is 10.2. The first-order valence-corrected chi connectivity index (χ1v) is 6.64. The fraction of sp³-hybridized carbons (Fsp3) is 0.333. The van der Waals surface area contributed by atoms with Gasteiger partial charge in [0.15, 0.2) is 0 Å². The van der Waals surface area contributed by atoms with E-state index < -0.39 is 0 Å². The number of nitrogens with zero attached hydrogens (tertiary/aromatic N) is 2. The summed E-state index contributed by atoms with van der Waals surface area (Å²) >= 11 is 1.36. The predicted molar refractivity (Wildman–Crippen MR) is 71.7 cm³/mol. The number of aromatic nitrogens is 2. The Labute approximate surface area is 109 Å². The molecule has 0 amide bonds. The van der Waals surface area contributed by atoms with Crippen LogP contribution in [0.4, 0.5) is 10.8 Å². The molecule has 94 valence electrons. The molecule has 0 unspecified atom stereocenters. The highest BCUT2D eigenvalue weighted by Crippen LogP contribution is 2.39. The number of nitrogens with two attached hydrogens (primary N) is 1. The normalized spacial score (nSPS) is 14.7. The van der Waals surface area contributed by atoms with E-state index in [1.54, 1.807) is 18.2 Å². The third kappa shape index (κ3) is 2.38. The number of rotatable bonds is 4. The van der Waals surface area contributed by atoms with Crippen LogP contribution in [0.3, 0.4) is 0 Å². The topological polar surface area (TPSA) is 84.1 Å². The first-order valence-electron chi connectivity index (χ1n) is 5.87. The van der Waals surface area contributed by atoms with E-state index in [2.05, 4.69) is 14.7 Å². The SMILES string of the molecule is Nc1ccc(O)c(CNc2nc(C3CC3)ns2)c1. The molecule has 3 rings (SSSR count). The molecule has 1 fully saturated rings. The summed E-state index contributed by atoms with van der Waals surface area (Å²) in [5.74, 6) is 1.75. The number of nitrogen functional groups attached to an aromatic ring is 1. The van der Waals surface area contributed by atoms with E-state index in [-0.39, 0.29) is 5.75 Å². The molecular weight excluding hydrogens is 248 g/mol. The fourth-order valence-corrected chi connectivity index (χ4v) is 2.37. The van der Waals surface area contributed by atoms with Crippen molar-refractivity contribution in [3.05, 3.63) is 29.6 Å². The molecule has 1 saturated carbocycles. The lowest BCUT2D eigenvalue weighted by Gasteiger charge is -2.06. The van der Waals surface area contributed by atoms with E-state index in [1.807, 2.05) is 0 Å². The summed E-state index contributed by atoms with van der Waals surface area (Å²) in [6, 6.07) is 5.03. The van der Waals surface area contributed by atoms with Crippen LogP contribution in [-0.2, 0) is 6.54 Å². The number of phenolic OH excluding ortho intramolecular Hbond substituents is 1. The van der Waals surface area contributed by atoms with Crippen LogP contribution >= 0.6 is 11.5 Å². The third-order valence-electron chi connectivity index (χ3n) is 2.92. The molecule has 0 radical (unpaired) electrons. The summed E-state index contributed by atoms with van der Waals surface area (Å²) in [7, 11) is 0. The predicted octanol–water partition coefficient (Wildman–Crippen LogP) is 2.32. The Kier molecular flexibility index (Phi) is 2.79. The summed E-state index contributed by atoms with van der Waals surface area (Å²) in [5.41, 5.74) is 7.09. The summed E-state index contributed by atoms with van der Waals surface area (Å²) in [6.45, 7) is 0.496. The highest BCUT2D eigenvalue weighted by atomic mass is 32.1. The molecule has 1 aromatic carbocycles. The van der Waals surface area contributed by atoms with Gasteiger partial charge < -0.3 is 16.2 Å². The van der Waals surface area contributed by atoms with Crippen molar-refractivity contribution in [2.75, 3.05) is 11.1 Å². The molecular formula is C12H14N4OS. The maximum absolute atomic E-state index is 9.69. The first kappa shape index (κ1) is 11.3. The lowest BCUT2D eigenvalue weighted by molar-refractivity contribution is 0.469. The van der Waals surface area contributed by atoms with Gasteiger partial charge in [0.2, 0.25) is 5.13 Å². The average Bonchev–Trinajstić information content (AvgIpc) is 3.10. The zero-order valence-electron chi connectivity index (χ0n) is 9.76. The zero-order chi connectivity index (χ0) is 12.5. The molecule has 2 aromatic rings. The quantitative estimate of drug-likeness (QED) is 0.581. The summed E-state index contributed by atoms with van der Waals surface area (Å²) < 4.78 is 4.31. The highest BCUT2D eigenvalue weighted by molar-refractivity contribution is 7.09. The van der Waals surface area contributed by atoms with Gasteiger partial charge in [-0.15, -0.1) is 0 Å². The van der Waals surface area contributed by atoms with Crippen molar-refractivity contribution in [1.82, 2.24) is 9.36 Å². The average molecular weight is 262 g/mol. The van der Waals surface area contributed by atoms with Crippen LogP contribution in [0.1, 0.15) is 30.1 Å². The van der Waals surface area contributed by atoms with Gasteiger partial charge in [-0.3, -0.25) is 0 Å². The Morgan fingerprint density at radius 3 is 3.06 bits per heavy atom. The van der Waals surface area contributed by atoms with Crippen molar-refractivity contribution in [2.24, 2.45) is 0 Å². The van der Waals surface area contributed by atoms with Crippen molar-refractivity contribution in [1.29, 1.82) is 0 Å². The first-order chi connectivity index (χ1) is 8.72. The van der Waals surface area contributed by atoms with Gasteiger partial charge in [-0.1, -0.05) is 0 Å². The fourth-order valence-electron chi connectivity index (χ4n) is 1.73. The van der Waals surface area contributed by atoms with Crippen LogP contribution in [0, 0.1) is 0 Å². The van der Waals surface area contributed by atoms with Gasteiger partial charge in [-0.05, 0) is 31.0 Å². The number of aromatic hydroxyl groups is 1. The maximum atomic E-state index is 9.69. The number of phenols is 1. The minimum Gasteiger partial charge on any atom is -0.508 e. The van der Waals surface area contributed by atoms with Crippen LogP contribution in [-0.4, -0.2) is 14.5 Å². The number of hydrogen-bond acceptors (Lipinski definition) is 6. The molecule has 1 aromatic heterocycles. The Bertz CT molecular complexity index is 565. The molecule has 6 heteroatoms. The Balaban J connectivity index is 1.67. The number of hydrogen-bond donors (Lipinski definition) is 3. The molecule has 0 atom stereocenters. The highest BCUT2D eigenvalue weighted by Gasteiger charge is 2.27. The Morgan fingerprint density at radius 2 is 2.28 bits per heavy atom. The molecule has 1 aliphatic rings.